The van der Waals surface area contributed by atoms with Crippen LogP contribution in [0.5, 0.6) is 23.0 Å². The first kappa shape index (κ1) is 58.7. The predicted octanol–water partition coefficient (Wildman–Crippen LogP) is 23.4. The van der Waals surface area contributed by atoms with E-state index in [2.05, 4.69) is 297 Å². The summed E-state index contributed by atoms with van der Waals surface area (Å²) >= 11 is 0. The molecule has 0 atom stereocenters. The number of furan rings is 1. The van der Waals surface area contributed by atoms with Crippen LogP contribution in [-0.4, -0.2) is 29.9 Å². The molecule has 9 heteroatoms. The molecule has 2 aliphatic heterocycles. The van der Waals surface area contributed by atoms with Crippen molar-refractivity contribution < 1.29 is 13.9 Å². The summed E-state index contributed by atoms with van der Waals surface area (Å²) in [6.45, 7) is 0. The highest BCUT2D eigenvalue weighted by molar-refractivity contribution is 6.08. The van der Waals surface area contributed by atoms with E-state index in [1.165, 1.54) is 44.5 Å². The molecule has 105 heavy (non-hydrogen) atoms. The Bertz CT molecular complexity index is 6590. The van der Waals surface area contributed by atoms with E-state index in [4.69, 9.17) is 43.8 Å². The fourth-order valence-electron chi connectivity index (χ4n) is 17.5. The van der Waals surface area contributed by atoms with Crippen molar-refractivity contribution in [1.82, 2.24) is 29.9 Å². The van der Waals surface area contributed by atoms with Gasteiger partial charge in [0, 0.05) is 55.3 Å². The monoisotopic (exact) mass is 1340 g/mol. The van der Waals surface area contributed by atoms with Crippen molar-refractivity contribution in [2.45, 2.75) is 10.8 Å². The average molecular weight is 1340 g/mol. The van der Waals surface area contributed by atoms with Crippen molar-refractivity contribution in [3.63, 3.8) is 0 Å². The molecule has 0 radical (unpaired) electrons. The lowest BCUT2D eigenvalue weighted by Crippen LogP contribution is -2.32. The Morgan fingerprint density at radius 1 is 0.190 bits per heavy atom. The molecule has 2 aliphatic carbocycles. The maximum Gasteiger partial charge on any atom is 0.167 e. The Hall–Kier alpha value is -14.0. The lowest BCUT2D eigenvalue weighted by atomic mass is 9.66. The van der Waals surface area contributed by atoms with Gasteiger partial charge in [-0.05, 0) is 132 Å². The standard InChI is InChI=1S/C96H56N6O3/c1-3-23-58(24-4-1)63-53-54-72(65-28-8-7-27-64(63)65)92-98-90(100-94(102-92)74-34-22-42-82-88(74)105-84-44-20-18-40-80(84)96(82)77-37-15-11-31-68(77)69-32-12-16-38-78(69)96)60-47-45-57(46-48-60)61-49-51-70-71-52-50-62(56-86(71)103-85(70)55-61)91-97-89(59-25-5-2-6-26-59)99-93(101-91)73-33-21-41-81-87(73)104-83-43-19-17-39-79(83)95(81)75-35-13-9-29-66(75)67-30-10-14-36-76(67)95/h1-56H. The van der Waals surface area contributed by atoms with Crippen LogP contribution >= 0.6 is 0 Å². The minimum absolute atomic E-state index is 0.496. The fourth-order valence-corrected chi connectivity index (χ4v) is 17.5. The topological polar surface area (TPSA) is 109 Å². The normalized spacial score (nSPS) is 13.4. The summed E-state index contributed by atoms with van der Waals surface area (Å²) < 4.78 is 21.2. The Kier molecular flexibility index (Phi) is 12.7. The second kappa shape index (κ2) is 22.7. The molecule has 9 nitrogen and oxygen atoms in total. The highest BCUT2D eigenvalue weighted by atomic mass is 16.5. The number of hydrogen-bond donors (Lipinski definition) is 0. The number of rotatable bonds is 8. The van der Waals surface area contributed by atoms with Gasteiger partial charge >= 0.3 is 0 Å². The van der Waals surface area contributed by atoms with Crippen LogP contribution in [0, 0.1) is 0 Å². The van der Waals surface area contributed by atoms with E-state index in [0.29, 0.717) is 52.0 Å². The SMILES string of the molecule is c1ccc(-c2nc(-c3ccc4c(c3)oc3cc(-c5ccc(-c6nc(-c7cccc8c7Oc7ccccc7C87c8ccccc8-c8ccccc87)nc(-c7ccc(-c8ccccc8)c8ccccc78)n6)cc5)ccc34)nc(-c3cccc4c3Oc3ccccc3C43c4ccccc4-c4ccccc43)n2)cc1. The van der Waals surface area contributed by atoms with Crippen molar-refractivity contribution in [1.29, 1.82) is 0 Å². The van der Waals surface area contributed by atoms with Gasteiger partial charge in [0.25, 0.3) is 0 Å². The minimum Gasteiger partial charge on any atom is -0.456 e. The fraction of sp³-hybridized carbons (Fsp3) is 0.0208. The number of hydrogen-bond acceptors (Lipinski definition) is 9. The molecule has 0 amide bonds. The van der Waals surface area contributed by atoms with Crippen LogP contribution in [0.3, 0.4) is 0 Å². The Balaban J connectivity index is 0.647. The van der Waals surface area contributed by atoms with E-state index in [1.807, 2.05) is 42.5 Å². The van der Waals surface area contributed by atoms with E-state index < -0.39 is 10.8 Å². The molecule has 0 N–H and O–H groups in total. The molecule has 3 aromatic heterocycles. The van der Waals surface area contributed by atoms with Gasteiger partial charge in [0.2, 0.25) is 0 Å². The largest absolute Gasteiger partial charge is 0.456 e. The number of nitrogens with zero attached hydrogens (tertiary/aromatic N) is 6. The van der Waals surface area contributed by atoms with Gasteiger partial charge in [0.05, 0.1) is 22.0 Å². The van der Waals surface area contributed by atoms with Crippen LogP contribution < -0.4 is 9.47 Å². The third-order valence-electron chi connectivity index (χ3n) is 22.0. The second-order valence-corrected chi connectivity index (χ2v) is 27.4. The van der Waals surface area contributed by atoms with Gasteiger partial charge in [-0.2, -0.15) is 0 Å². The third-order valence-corrected chi connectivity index (χ3v) is 22.0. The van der Waals surface area contributed by atoms with Crippen LogP contribution in [-0.2, 0) is 10.8 Å². The summed E-state index contributed by atoms with van der Waals surface area (Å²) in [6.07, 6.45) is 0. The smallest absolute Gasteiger partial charge is 0.167 e. The van der Waals surface area contributed by atoms with E-state index in [0.717, 1.165) is 117 Å². The molecule has 0 fully saturated rings. The van der Waals surface area contributed by atoms with Gasteiger partial charge in [-0.15, -0.1) is 0 Å². The zero-order chi connectivity index (χ0) is 68.9. The van der Waals surface area contributed by atoms with Gasteiger partial charge in [0.1, 0.15) is 34.2 Å². The first-order chi connectivity index (χ1) is 52.0. The van der Waals surface area contributed by atoms with E-state index in [1.54, 1.807) is 0 Å². The van der Waals surface area contributed by atoms with Crippen molar-refractivity contribution in [3.05, 3.63) is 384 Å². The number of fused-ring (bicyclic) bond motifs is 22. The van der Waals surface area contributed by atoms with Gasteiger partial charge in [-0.25, -0.2) is 29.9 Å². The number of aromatic nitrogens is 6. The number of benzene rings is 15. The first-order valence-corrected chi connectivity index (χ1v) is 35.5. The highest BCUT2D eigenvalue weighted by Gasteiger charge is 2.53. The van der Waals surface area contributed by atoms with Gasteiger partial charge < -0.3 is 13.9 Å². The van der Waals surface area contributed by atoms with Gasteiger partial charge in [-0.3, -0.25) is 0 Å². The molecule has 2 spiro atoms. The summed E-state index contributed by atoms with van der Waals surface area (Å²) in [5.41, 5.74) is 23.2. The lowest BCUT2D eigenvalue weighted by Gasteiger charge is -2.39. The molecule has 18 aromatic rings. The number of para-hydroxylation sites is 4. The zero-order valence-corrected chi connectivity index (χ0v) is 56.2. The highest BCUT2D eigenvalue weighted by Crippen LogP contribution is 2.65. The van der Waals surface area contributed by atoms with Crippen LogP contribution in [0.2, 0.25) is 0 Å². The molecule has 0 bridgehead atoms. The molecule has 0 unspecified atom stereocenters. The molecule has 15 aromatic carbocycles. The zero-order valence-electron chi connectivity index (χ0n) is 56.2. The van der Waals surface area contributed by atoms with Gasteiger partial charge in [0.15, 0.2) is 34.9 Å². The maximum atomic E-state index is 7.22. The third kappa shape index (κ3) is 8.64. The molecule has 4 aliphatic rings. The second-order valence-electron chi connectivity index (χ2n) is 27.4. The summed E-state index contributed by atoms with van der Waals surface area (Å²) in [4.78, 5) is 32.3. The lowest BCUT2D eigenvalue weighted by molar-refractivity contribution is 0.437. The summed E-state index contributed by atoms with van der Waals surface area (Å²) in [5, 5.41) is 4.10. The summed E-state index contributed by atoms with van der Waals surface area (Å²) in [5.74, 6) is 6.11. The first-order valence-electron chi connectivity index (χ1n) is 35.5. The Morgan fingerprint density at radius 3 is 1.04 bits per heavy atom. The quantitative estimate of drug-likeness (QED) is 0.147. The van der Waals surface area contributed by atoms with Crippen LogP contribution in [0.1, 0.15) is 44.5 Å². The maximum absolute atomic E-state index is 7.22. The van der Waals surface area contributed by atoms with Crippen molar-refractivity contribution in [3.8, 4) is 136 Å². The minimum atomic E-state index is -0.676. The van der Waals surface area contributed by atoms with Crippen molar-refractivity contribution in [2.75, 3.05) is 0 Å². The van der Waals surface area contributed by atoms with Crippen LogP contribution in [0.15, 0.2) is 344 Å². The van der Waals surface area contributed by atoms with Crippen molar-refractivity contribution in [2.24, 2.45) is 0 Å². The molecule has 0 saturated carbocycles. The average Bonchev–Trinajstić information content (AvgIpc) is 1.61. The Morgan fingerprint density at radius 2 is 0.524 bits per heavy atom. The molecule has 488 valence electrons. The molecule has 0 saturated heterocycles. The number of ether oxygens (including phenoxy) is 2. The predicted molar refractivity (Wildman–Crippen MR) is 416 cm³/mol. The summed E-state index contributed by atoms with van der Waals surface area (Å²) in [7, 11) is 0. The van der Waals surface area contributed by atoms with Crippen LogP contribution in [0.4, 0.5) is 0 Å². The van der Waals surface area contributed by atoms with E-state index >= 15 is 0 Å². The van der Waals surface area contributed by atoms with E-state index in [-0.39, 0.29) is 0 Å². The van der Waals surface area contributed by atoms with Crippen LogP contribution in [0.25, 0.3) is 146 Å². The summed E-state index contributed by atoms with van der Waals surface area (Å²) in [6, 6.07) is 119. The van der Waals surface area contributed by atoms with Gasteiger partial charge in [-0.1, -0.05) is 285 Å². The molecule has 5 heterocycles. The molecular formula is C96H56N6O3. The van der Waals surface area contributed by atoms with Crippen molar-refractivity contribution >= 4 is 32.7 Å². The molecule has 22 rings (SSSR count). The van der Waals surface area contributed by atoms with E-state index in [9.17, 15) is 0 Å². The Labute approximate surface area is 603 Å². The molecular weight excluding hydrogens is 1290 g/mol.